The number of hydrogen-bond acceptors (Lipinski definition) is 5. The smallest absolute Gasteiger partial charge is 0.276 e. The molecule has 1 aliphatic rings. The first-order valence-corrected chi connectivity index (χ1v) is 7.60. The second-order valence-corrected chi connectivity index (χ2v) is 5.60. The maximum absolute atomic E-state index is 12.9. The lowest BCUT2D eigenvalue weighted by atomic mass is 10.1. The molecule has 0 spiro atoms. The molecule has 0 bridgehead atoms. The summed E-state index contributed by atoms with van der Waals surface area (Å²) >= 11 is 0. The molecule has 1 atom stereocenters. The normalized spacial score (nSPS) is 19.0. The molecule has 1 saturated heterocycles. The summed E-state index contributed by atoms with van der Waals surface area (Å²) in [5.74, 6) is 1.68. The van der Waals surface area contributed by atoms with Crippen molar-refractivity contribution in [1.29, 1.82) is 0 Å². The van der Waals surface area contributed by atoms with Gasteiger partial charge in [-0.15, -0.1) is 0 Å². The van der Waals surface area contributed by atoms with Gasteiger partial charge in [0.2, 0.25) is 0 Å². The SMILES string of the molecule is Cc1ccc([C@@H]2CCCCCN2C(=O)c2nccnc2N)o1. The Bertz CT molecular complexity index is 668. The molecule has 1 amide bonds. The highest BCUT2D eigenvalue weighted by Crippen LogP contribution is 2.32. The third-order valence-electron chi connectivity index (χ3n) is 4.03. The van der Waals surface area contributed by atoms with Crippen LogP contribution in [0.2, 0.25) is 0 Å². The van der Waals surface area contributed by atoms with Gasteiger partial charge in [0.15, 0.2) is 11.5 Å². The number of anilines is 1. The van der Waals surface area contributed by atoms with Crippen LogP contribution in [0, 0.1) is 6.92 Å². The van der Waals surface area contributed by atoms with Crippen molar-refractivity contribution in [2.75, 3.05) is 12.3 Å². The molecule has 2 aromatic rings. The summed E-state index contributed by atoms with van der Waals surface area (Å²) < 4.78 is 5.76. The van der Waals surface area contributed by atoms with E-state index in [0.29, 0.717) is 6.54 Å². The molecule has 3 heterocycles. The van der Waals surface area contributed by atoms with Crippen LogP contribution < -0.4 is 5.73 Å². The van der Waals surface area contributed by atoms with Gasteiger partial charge < -0.3 is 15.1 Å². The molecule has 2 N–H and O–H groups in total. The number of carbonyl (C=O) groups excluding carboxylic acids is 1. The van der Waals surface area contributed by atoms with Crippen LogP contribution in [0.5, 0.6) is 0 Å². The highest BCUT2D eigenvalue weighted by molar-refractivity contribution is 5.96. The molecule has 3 rings (SSSR count). The van der Waals surface area contributed by atoms with Gasteiger partial charge in [0.1, 0.15) is 11.5 Å². The lowest BCUT2D eigenvalue weighted by molar-refractivity contribution is 0.0652. The third-order valence-corrected chi connectivity index (χ3v) is 4.03. The summed E-state index contributed by atoms with van der Waals surface area (Å²) in [5.41, 5.74) is 6.03. The average molecular weight is 300 g/mol. The number of amides is 1. The fourth-order valence-electron chi connectivity index (χ4n) is 2.93. The number of nitrogen functional groups attached to an aromatic ring is 1. The van der Waals surface area contributed by atoms with Crippen LogP contribution in [0.3, 0.4) is 0 Å². The van der Waals surface area contributed by atoms with Gasteiger partial charge in [-0.2, -0.15) is 0 Å². The van der Waals surface area contributed by atoms with Crippen molar-refractivity contribution in [2.24, 2.45) is 0 Å². The van der Waals surface area contributed by atoms with E-state index >= 15 is 0 Å². The van der Waals surface area contributed by atoms with Crippen LogP contribution in [-0.2, 0) is 0 Å². The van der Waals surface area contributed by atoms with E-state index < -0.39 is 0 Å². The highest BCUT2D eigenvalue weighted by atomic mass is 16.3. The molecule has 2 aromatic heterocycles. The van der Waals surface area contributed by atoms with Crippen molar-refractivity contribution >= 4 is 11.7 Å². The first-order chi connectivity index (χ1) is 10.7. The van der Waals surface area contributed by atoms with E-state index in [2.05, 4.69) is 9.97 Å². The minimum atomic E-state index is -0.174. The van der Waals surface area contributed by atoms with E-state index in [0.717, 1.165) is 37.2 Å². The third kappa shape index (κ3) is 2.81. The zero-order valence-electron chi connectivity index (χ0n) is 12.7. The molecule has 0 aliphatic carbocycles. The predicted molar refractivity (Wildman–Crippen MR) is 82.1 cm³/mol. The molecule has 116 valence electrons. The number of hydrogen-bond donors (Lipinski definition) is 1. The first kappa shape index (κ1) is 14.6. The monoisotopic (exact) mass is 300 g/mol. The zero-order chi connectivity index (χ0) is 15.5. The summed E-state index contributed by atoms with van der Waals surface area (Å²) in [7, 11) is 0. The van der Waals surface area contributed by atoms with Crippen molar-refractivity contribution in [2.45, 2.75) is 38.6 Å². The molecular weight excluding hydrogens is 280 g/mol. The van der Waals surface area contributed by atoms with Crippen molar-refractivity contribution < 1.29 is 9.21 Å². The fraction of sp³-hybridized carbons (Fsp3) is 0.438. The maximum atomic E-state index is 12.9. The van der Waals surface area contributed by atoms with Gasteiger partial charge >= 0.3 is 0 Å². The molecule has 22 heavy (non-hydrogen) atoms. The second-order valence-electron chi connectivity index (χ2n) is 5.60. The fourth-order valence-corrected chi connectivity index (χ4v) is 2.93. The lowest BCUT2D eigenvalue weighted by Crippen LogP contribution is -2.35. The van der Waals surface area contributed by atoms with Gasteiger partial charge in [-0.1, -0.05) is 12.8 Å². The Hall–Kier alpha value is -2.37. The number of likely N-dealkylation sites (tertiary alicyclic amines) is 1. The Kier molecular flexibility index (Phi) is 4.09. The standard InChI is InChI=1S/C16H20N4O2/c1-11-6-7-13(22-11)12-5-3-2-4-10-20(12)16(21)14-15(17)19-9-8-18-14/h6-9,12H,2-5,10H2,1H3,(H2,17,19)/t12-/m0/s1. The summed E-state index contributed by atoms with van der Waals surface area (Å²) in [6.07, 6.45) is 7.02. The summed E-state index contributed by atoms with van der Waals surface area (Å²) in [5, 5.41) is 0. The molecule has 0 saturated carbocycles. The Morgan fingerprint density at radius 3 is 2.82 bits per heavy atom. The van der Waals surface area contributed by atoms with Crippen LogP contribution >= 0.6 is 0 Å². The largest absolute Gasteiger partial charge is 0.464 e. The van der Waals surface area contributed by atoms with E-state index in [4.69, 9.17) is 10.2 Å². The maximum Gasteiger partial charge on any atom is 0.276 e. The van der Waals surface area contributed by atoms with Gasteiger partial charge in [-0.3, -0.25) is 4.79 Å². The summed E-state index contributed by atoms with van der Waals surface area (Å²) in [4.78, 5) is 22.8. The molecule has 6 nitrogen and oxygen atoms in total. The topological polar surface area (TPSA) is 85.2 Å². The zero-order valence-corrected chi connectivity index (χ0v) is 12.7. The number of furan rings is 1. The Morgan fingerprint density at radius 1 is 1.27 bits per heavy atom. The molecule has 1 fully saturated rings. The number of carbonyl (C=O) groups is 1. The Labute approximate surface area is 129 Å². The molecule has 0 aromatic carbocycles. The van der Waals surface area contributed by atoms with Crippen molar-refractivity contribution in [3.63, 3.8) is 0 Å². The average Bonchev–Trinajstić information content (AvgIpc) is 2.80. The van der Waals surface area contributed by atoms with Gasteiger partial charge in [0, 0.05) is 18.9 Å². The van der Waals surface area contributed by atoms with Gasteiger partial charge in [-0.05, 0) is 31.9 Å². The molecule has 1 aliphatic heterocycles. The van der Waals surface area contributed by atoms with E-state index in [9.17, 15) is 4.79 Å². The van der Waals surface area contributed by atoms with Crippen LogP contribution in [0.15, 0.2) is 28.9 Å². The predicted octanol–water partition coefficient (Wildman–Crippen LogP) is 2.72. The van der Waals surface area contributed by atoms with Gasteiger partial charge in [-0.25, -0.2) is 9.97 Å². The summed E-state index contributed by atoms with van der Waals surface area (Å²) in [6.45, 7) is 2.59. The first-order valence-electron chi connectivity index (χ1n) is 7.60. The minimum Gasteiger partial charge on any atom is -0.464 e. The molecule has 0 radical (unpaired) electrons. The highest BCUT2D eigenvalue weighted by Gasteiger charge is 2.31. The van der Waals surface area contributed by atoms with E-state index in [-0.39, 0.29) is 23.5 Å². The van der Waals surface area contributed by atoms with Crippen molar-refractivity contribution in [1.82, 2.24) is 14.9 Å². The Morgan fingerprint density at radius 2 is 2.09 bits per heavy atom. The molecule has 6 heteroatoms. The van der Waals surface area contributed by atoms with Crippen LogP contribution in [0.25, 0.3) is 0 Å². The number of aromatic nitrogens is 2. The number of nitrogens with two attached hydrogens (primary N) is 1. The van der Waals surface area contributed by atoms with Gasteiger partial charge in [0.25, 0.3) is 5.91 Å². The number of rotatable bonds is 2. The Balaban J connectivity index is 1.94. The number of nitrogens with zero attached hydrogens (tertiary/aromatic N) is 3. The van der Waals surface area contributed by atoms with Gasteiger partial charge in [0.05, 0.1) is 6.04 Å². The van der Waals surface area contributed by atoms with Crippen molar-refractivity contribution in [3.05, 3.63) is 41.7 Å². The van der Waals surface area contributed by atoms with Crippen LogP contribution in [-0.4, -0.2) is 27.3 Å². The van der Waals surface area contributed by atoms with E-state index in [1.807, 2.05) is 24.0 Å². The lowest BCUT2D eigenvalue weighted by Gasteiger charge is -2.28. The quantitative estimate of drug-likeness (QED) is 0.921. The van der Waals surface area contributed by atoms with Crippen LogP contribution in [0.4, 0.5) is 5.82 Å². The second kappa shape index (κ2) is 6.17. The van der Waals surface area contributed by atoms with Crippen LogP contribution in [0.1, 0.15) is 53.7 Å². The minimum absolute atomic E-state index is 0.0647. The molecule has 0 unspecified atom stereocenters. The van der Waals surface area contributed by atoms with E-state index in [1.54, 1.807) is 0 Å². The van der Waals surface area contributed by atoms with Crippen molar-refractivity contribution in [3.8, 4) is 0 Å². The number of aryl methyl sites for hydroxylation is 1. The van der Waals surface area contributed by atoms with E-state index in [1.165, 1.54) is 12.4 Å². The summed E-state index contributed by atoms with van der Waals surface area (Å²) in [6, 6.07) is 3.82. The molecular formula is C16H20N4O2.